The van der Waals surface area contributed by atoms with E-state index in [9.17, 15) is 13.2 Å². The van der Waals surface area contributed by atoms with E-state index < -0.39 is 15.9 Å². The van der Waals surface area contributed by atoms with E-state index >= 15 is 0 Å². The van der Waals surface area contributed by atoms with Crippen LogP contribution in [-0.4, -0.2) is 59.2 Å². The zero-order valence-electron chi connectivity index (χ0n) is 18.2. The monoisotopic (exact) mass is 448 g/mol. The lowest BCUT2D eigenvalue weighted by Crippen LogP contribution is -2.40. The Kier molecular flexibility index (Phi) is 7.19. The second-order valence-electron chi connectivity index (χ2n) is 7.26. The van der Waals surface area contributed by atoms with Crippen molar-refractivity contribution in [2.24, 2.45) is 0 Å². The molecule has 0 aliphatic carbocycles. The summed E-state index contributed by atoms with van der Waals surface area (Å²) in [5, 5.41) is 2.86. The molecule has 2 aromatic carbocycles. The lowest BCUT2D eigenvalue weighted by atomic mass is 10.0. The summed E-state index contributed by atoms with van der Waals surface area (Å²) in [6.07, 6.45) is 0. The Bertz CT molecular complexity index is 1060. The van der Waals surface area contributed by atoms with Gasteiger partial charge in [0.05, 0.1) is 37.9 Å². The molecule has 31 heavy (non-hydrogen) atoms. The van der Waals surface area contributed by atoms with Gasteiger partial charge in [0.2, 0.25) is 10.0 Å². The predicted octanol–water partition coefficient (Wildman–Crippen LogP) is 2.27. The van der Waals surface area contributed by atoms with Crippen LogP contribution in [0, 0.1) is 13.8 Å². The number of nitrogens with zero attached hydrogens (tertiary/aromatic N) is 1. The summed E-state index contributed by atoms with van der Waals surface area (Å²) < 4.78 is 43.6. The van der Waals surface area contributed by atoms with Gasteiger partial charge in [-0.25, -0.2) is 8.42 Å². The summed E-state index contributed by atoms with van der Waals surface area (Å²) in [5.74, 6) is -0.0919. The van der Waals surface area contributed by atoms with E-state index in [0.717, 1.165) is 16.7 Å². The first-order valence-corrected chi connectivity index (χ1v) is 11.4. The molecule has 0 saturated carbocycles. The zero-order valence-corrected chi connectivity index (χ0v) is 19.0. The number of carbonyl (C=O) groups is 1. The van der Waals surface area contributed by atoms with Crippen molar-refractivity contribution in [2.45, 2.75) is 25.3 Å². The number of methoxy groups -OCH3 is 2. The van der Waals surface area contributed by atoms with Crippen LogP contribution in [0.3, 0.4) is 0 Å². The summed E-state index contributed by atoms with van der Waals surface area (Å²) in [4.78, 5) is 13.0. The SMILES string of the molecule is COc1cc(S(=O)(=O)N2CCOCC2)cc(C(=O)NCc2cccc(C)c2C)c1OC. The topological polar surface area (TPSA) is 94.2 Å². The third-order valence-corrected chi connectivity index (χ3v) is 7.34. The number of benzene rings is 2. The predicted molar refractivity (Wildman–Crippen MR) is 116 cm³/mol. The molecular weight excluding hydrogens is 420 g/mol. The number of carbonyl (C=O) groups excluding carboxylic acids is 1. The molecule has 0 bridgehead atoms. The molecule has 168 valence electrons. The van der Waals surface area contributed by atoms with E-state index in [1.807, 2.05) is 32.0 Å². The molecule has 0 aromatic heterocycles. The summed E-state index contributed by atoms with van der Waals surface area (Å²) in [6.45, 7) is 5.48. The highest BCUT2D eigenvalue weighted by atomic mass is 32.2. The molecule has 1 fully saturated rings. The first-order chi connectivity index (χ1) is 14.8. The van der Waals surface area contributed by atoms with Crippen LogP contribution in [0.1, 0.15) is 27.0 Å². The van der Waals surface area contributed by atoms with Crippen LogP contribution in [0.2, 0.25) is 0 Å². The molecular formula is C22H28N2O6S. The number of hydrogen-bond donors (Lipinski definition) is 1. The van der Waals surface area contributed by atoms with E-state index in [0.29, 0.717) is 19.8 Å². The number of amides is 1. The Hall–Kier alpha value is -2.62. The number of hydrogen-bond acceptors (Lipinski definition) is 6. The molecule has 1 N–H and O–H groups in total. The van der Waals surface area contributed by atoms with Crippen LogP contribution in [-0.2, 0) is 21.3 Å². The van der Waals surface area contributed by atoms with Crippen LogP contribution in [0.4, 0.5) is 0 Å². The van der Waals surface area contributed by atoms with E-state index in [1.54, 1.807) is 0 Å². The molecule has 0 radical (unpaired) electrons. The molecule has 1 heterocycles. The van der Waals surface area contributed by atoms with Gasteiger partial charge in [-0.3, -0.25) is 4.79 Å². The smallest absolute Gasteiger partial charge is 0.255 e. The van der Waals surface area contributed by atoms with Crippen LogP contribution in [0.5, 0.6) is 11.5 Å². The van der Waals surface area contributed by atoms with Crippen molar-refractivity contribution >= 4 is 15.9 Å². The van der Waals surface area contributed by atoms with Gasteiger partial charge in [0.15, 0.2) is 11.5 Å². The van der Waals surface area contributed by atoms with Crippen molar-refractivity contribution < 1.29 is 27.4 Å². The molecule has 8 nitrogen and oxygen atoms in total. The lowest BCUT2D eigenvalue weighted by molar-refractivity contribution is 0.0730. The number of ether oxygens (including phenoxy) is 3. The van der Waals surface area contributed by atoms with E-state index in [4.69, 9.17) is 14.2 Å². The van der Waals surface area contributed by atoms with Crippen molar-refractivity contribution in [1.29, 1.82) is 0 Å². The Morgan fingerprint density at radius 2 is 1.84 bits per heavy atom. The van der Waals surface area contributed by atoms with Gasteiger partial charge in [0.1, 0.15) is 0 Å². The number of morpholine rings is 1. The maximum absolute atomic E-state index is 13.1. The Labute approximate surface area is 183 Å². The van der Waals surface area contributed by atoms with Crippen LogP contribution < -0.4 is 14.8 Å². The maximum Gasteiger partial charge on any atom is 0.255 e. The van der Waals surface area contributed by atoms with E-state index in [-0.39, 0.29) is 35.0 Å². The van der Waals surface area contributed by atoms with Crippen LogP contribution >= 0.6 is 0 Å². The van der Waals surface area contributed by atoms with Crippen molar-refractivity contribution in [3.8, 4) is 11.5 Å². The second-order valence-corrected chi connectivity index (χ2v) is 9.20. The van der Waals surface area contributed by atoms with E-state index in [2.05, 4.69) is 5.32 Å². The van der Waals surface area contributed by atoms with Crippen molar-refractivity contribution in [2.75, 3.05) is 40.5 Å². The first kappa shape index (κ1) is 23.1. The molecule has 2 aromatic rings. The Balaban J connectivity index is 1.95. The minimum atomic E-state index is -3.82. The highest BCUT2D eigenvalue weighted by Crippen LogP contribution is 2.35. The van der Waals surface area contributed by atoms with Gasteiger partial charge in [0.25, 0.3) is 5.91 Å². The fourth-order valence-corrected chi connectivity index (χ4v) is 4.92. The molecule has 9 heteroatoms. The fourth-order valence-electron chi connectivity index (χ4n) is 3.47. The first-order valence-electron chi connectivity index (χ1n) is 9.96. The van der Waals surface area contributed by atoms with Gasteiger partial charge in [0, 0.05) is 25.7 Å². The van der Waals surface area contributed by atoms with Crippen LogP contribution in [0.25, 0.3) is 0 Å². The number of sulfonamides is 1. The van der Waals surface area contributed by atoms with Gasteiger partial charge >= 0.3 is 0 Å². The fraction of sp³-hybridized carbons (Fsp3) is 0.409. The van der Waals surface area contributed by atoms with Gasteiger partial charge in [-0.1, -0.05) is 18.2 Å². The molecule has 1 amide bonds. The normalized spacial score (nSPS) is 14.8. The van der Waals surface area contributed by atoms with Crippen molar-refractivity contribution in [3.63, 3.8) is 0 Å². The van der Waals surface area contributed by atoms with Crippen molar-refractivity contribution in [3.05, 3.63) is 52.6 Å². The molecule has 1 aliphatic rings. The highest BCUT2D eigenvalue weighted by molar-refractivity contribution is 7.89. The summed E-state index contributed by atoms with van der Waals surface area (Å²) in [6, 6.07) is 8.60. The third-order valence-electron chi connectivity index (χ3n) is 5.46. The molecule has 3 rings (SSSR count). The average Bonchev–Trinajstić information content (AvgIpc) is 2.79. The standard InChI is InChI=1S/C22H28N2O6S/c1-15-6-5-7-17(16(15)2)14-23-22(25)19-12-18(13-20(28-3)21(19)29-4)31(26,27)24-8-10-30-11-9-24/h5-7,12-13H,8-11,14H2,1-4H3,(H,23,25). The van der Waals surface area contributed by atoms with E-state index in [1.165, 1.54) is 30.7 Å². The minimum absolute atomic E-state index is 0.0241. The average molecular weight is 449 g/mol. The summed E-state index contributed by atoms with van der Waals surface area (Å²) in [7, 11) is -1.00. The molecule has 1 saturated heterocycles. The highest BCUT2D eigenvalue weighted by Gasteiger charge is 2.30. The molecule has 1 aliphatic heterocycles. The largest absolute Gasteiger partial charge is 0.493 e. The summed E-state index contributed by atoms with van der Waals surface area (Å²) >= 11 is 0. The third kappa shape index (κ3) is 4.84. The molecule has 0 spiro atoms. The Morgan fingerprint density at radius 3 is 2.48 bits per heavy atom. The lowest BCUT2D eigenvalue weighted by Gasteiger charge is -2.26. The molecule has 0 unspecified atom stereocenters. The second kappa shape index (κ2) is 9.67. The number of aryl methyl sites for hydroxylation is 1. The number of rotatable bonds is 7. The number of nitrogens with one attached hydrogen (secondary N) is 1. The molecule has 0 atom stereocenters. The van der Waals surface area contributed by atoms with Gasteiger partial charge in [-0.05, 0) is 36.6 Å². The van der Waals surface area contributed by atoms with Crippen molar-refractivity contribution in [1.82, 2.24) is 9.62 Å². The zero-order chi connectivity index (χ0) is 22.6. The maximum atomic E-state index is 13.1. The summed E-state index contributed by atoms with van der Waals surface area (Å²) in [5.41, 5.74) is 3.30. The van der Waals surface area contributed by atoms with Gasteiger partial charge in [-0.15, -0.1) is 0 Å². The Morgan fingerprint density at radius 1 is 1.13 bits per heavy atom. The van der Waals surface area contributed by atoms with Gasteiger partial charge in [-0.2, -0.15) is 4.31 Å². The quantitative estimate of drug-likeness (QED) is 0.698. The van der Waals surface area contributed by atoms with Gasteiger partial charge < -0.3 is 19.5 Å². The minimum Gasteiger partial charge on any atom is -0.493 e. The van der Waals surface area contributed by atoms with Crippen LogP contribution in [0.15, 0.2) is 35.2 Å².